The van der Waals surface area contributed by atoms with Crippen LogP contribution < -0.4 is 10.3 Å². The number of nitrogens with zero attached hydrogens (tertiary/aromatic N) is 2. The molecule has 1 aromatic heterocycles. The second kappa shape index (κ2) is 7.56. The number of carbonyl (C=O) groups is 1. The molecule has 0 aliphatic heterocycles. The highest BCUT2D eigenvalue weighted by molar-refractivity contribution is 5.76. The van der Waals surface area contributed by atoms with E-state index in [-0.39, 0.29) is 18.9 Å². The van der Waals surface area contributed by atoms with Crippen molar-refractivity contribution in [3.63, 3.8) is 0 Å². The molecule has 0 bridgehead atoms. The highest BCUT2D eigenvalue weighted by Crippen LogP contribution is 2.35. The van der Waals surface area contributed by atoms with E-state index in [1.165, 1.54) is 12.1 Å². The van der Waals surface area contributed by atoms with Crippen molar-refractivity contribution in [2.24, 2.45) is 0 Å². The summed E-state index contributed by atoms with van der Waals surface area (Å²) in [4.78, 5) is 24.1. The topological polar surface area (TPSA) is 62.5 Å². The molecule has 0 saturated carbocycles. The van der Waals surface area contributed by atoms with Gasteiger partial charge in [0.25, 0.3) is 5.56 Å². The second-order valence-corrected chi connectivity index (χ2v) is 5.01. The van der Waals surface area contributed by atoms with Gasteiger partial charge in [-0.15, -0.1) is 0 Å². The Morgan fingerprint density at radius 3 is 2.32 bits per heavy atom. The summed E-state index contributed by atoms with van der Waals surface area (Å²) in [6.07, 6.45) is -4.98. The van der Waals surface area contributed by atoms with Crippen LogP contribution in [0, 0.1) is 0 Å². The van der Waals surface area contributed by atoms with Gasteiger partial charge in [0.15, 0.2) is 5.56 Å². The lowest BCUT2D eigenvalue weighted by Gasteiger charge is -2.14. The monoisotopic (exact) mass is 358 g/mol. The van der Waals surface area contributed by atoms with Gasteiger partial charge in [-0.05, 0) is 19.1 Å². The zero-order valence-electron chi connectivity index (χ0n) is 13.7. The Balaban J connectivity index is 2.69. The second-order valence-electron chi connectivity index (χ2n) is 5.01. The number of halogens is 3. The highest BCUT2D eigenvalue weighted by Gasteiger charge is 2.43. The Bertz CT molecular complexity index is 794. The van der Waals surface area contributed by atoms with Crippen LogP contribution in [0.3, 0.4) is 0 Å². The molecule has 1 aromatic carbocycles. The molecule has 0 aliphatic carbocycles. The largest absolute Gasteiger partial charge is 0.475 e. The fourth-order valence-corrected chi connectivity index (χ4v) is 2.29. The molecule has 0 amide bonds. The van der Waals surface area contributed by atoms with Gasteiger partial charge in [0.1, 0.15) is 6.61 Å². The van der Waals surface area contributed by atoms with Crippen molar-refractivity contribution >= 4 is 5.91 Å². The number of alkyl halides is 3. The summed E-state index contributed by atoms with van der Waals surface area (Å²) in [6.45, 7) is 2.95. The first-order valence-corrected chi connectivity index (χ1v) is 7.51. The quantitative estimate of drug-likeness (QED) is 0.745. The van der Waals surface area contributed by atoms with Crippen LogP contribution in [0.5, 0.6) is 5.88 Å². The summed E-state index contributed by atoms with van der Waals surface area (Å²) in [7, 11) is 0. The number of rotatable bonds is 6. The minimum atomic E-state index is -4.98. The van der Waals surface area contributed by atoms with Crippen molar-refractivity contribution in [3.05, 3.63) is 46.2 Å². The first kappa shape index (κ1) is 18.8. The Kier molecular flexibility index (Phi) is 5.68. The molecule has 2 rings (SSSR count). The molecule has 6 nitrogen and oxygen atoms in total. The van der Waals surface area contributed by atoms with E-state index in [1.807, 2.05) is 0 Å². The summed E-state index contributed by atoms with van der Waals surface area (Å²) in [5.74, 6) is -1.60. The van der Waals surface area contributed by atoms with E-state index in [9.17, 15) is 22.8 Å². The average Bonchev–Trinajstić information content (AvgIpc) is 2.85. The molecule has 0 fully saturated rings. The molecule has 25 heavy (non-hydrogen) atoms. The predicted molar refractivity (Wildman–Crippen MR) is 83.3 cm³/mol. The summed E-state index contributed by atoms with van der Waals surface area (Å²) in [5, 5.41) is 0. The molecular weight excluding hydrogens is 341 g/mol. The maximum Gasteiger partial charge on any atom is 0.427 e. The molecule has 0 saturated heterocycles. The van der Waals surface area contributed by atoms with Crippen molar-refractivity contribution in [1.82, 2.24) is 9.36 Å². The molecule has 1 heterocycles. The molecule has 2 aromatic rings. The van der Waals surface area contributed by atoms with Crippen LogP contribution in [0.1, 0.15) is 24.2 Å². The van der Waals surface area contributed by atoms with Gasteiger partial charge >= 0.3 is 6.18 Å². The number of ether oxygens (including phenoxy) is 2. The molecule has 0 unspecified atom stereocenters. The van der Waals surface area contributed by atoms with Crippen LogP contribution in [0.25, 0.3) is 5.69 Å². The standard InChI is InChI=1S/C16H17F3N2O4/c1-3-24-9-10-25-15-13(16(17,18)19)14(23)20(11(2)22)21(15)12-7-5-4-6-8-12/h4-8H,3,9-10H2,1-2H3. The third-order valence-corrected chi connectivity index (χ3v) is 3.27. The van der Waals surface area contributed by atoms with Gasteiger partial charge in [-0.2, -0.15) is 17.9 Å². The molecule has 9 heteroatoms. The predicted octanol–water partition coefficient (Wildman–Crippen LogP) is 2.73. The maximum absolute atomic E-state index is 13.4. The van der Waals surface area contributed by atoms with E-state index in [2.05, 4.69) is 0 Å². The Hall–Kier alpha value is -2.55. The third kappa shape index (κ3) is 3.93. The van der Waals surface area contributed by atoms with Crippen molar-refractivity contribution in [2.45, 2.75) is 20.0 Å². The zero-order valence-corrected chi connectivity index (χ0v) is 13.7. The number of para-hydroxylation sites is 1. The molecular formula is C16H17F3N2O4. The molecule has 0 spiro atoms. The molecule has 0 atom stereocenters. The Labute approximate surface area is 141 Å². The van der Waals surface area contributed by atoms with Crippen molar-refractivity contribution in [2.75, 3.05) is 19.8 Å². The number of hydrogen-bond acceptors (Lipinski definition) is 4. The van der Waals surface area contributed by atoms with E-state index >= 15 is 0 Å². The van der Waals surface area contributed by atoms with Gasteiger partial charge in [0.05, 0.1) is 12.3 Å². The Morgan fingerprint density at radius 2 is 1.80 bits per heavy atom. The van der Waals surface area contributed by atoms with Crippen LogP contribution >= 0.6 is 0 Å². The zero-order chi connectivity index (χ0) is 18.6. The van der Waals surface area contributed by atoms with Crippen molar-refractivity contribution < 1.29 is 27.4 Å². The smallest absolute Gasteiger partial charge is 0.427 e. The van der Waals surface area contributed by atoms with Gasteiger partial charge in [0.2, 0.25) is 11.8 Å². The van der Waals surface area contributed by atoms with Gasteiger partial charge in [-0.25, -0.2) is 4.68 Å². The van der Waals surface area contributed by atoms with Crippen molar-refractivity contribution in [3.8, 4) is 11.6 Å². The Morgan fingerprint density at radius 1 is 1.16 bits per heavy atom. The fourth-order valence-electron chi connectivity index (χ4n) is 2.29. The molecule has 0 N–H and O–H groups in total. The lowest BCUT2D eigenvalue weighted by Crippen LogP contribution is -2.29. The number of aromatic nitrogens is 2. The average molecular weight is 358 g/mol. The van der Waals surface area contributed by atoms with Gasteiger partial charge in [-0.1, -0.05) is 18.2 Å². The van der Waals surface area contributed by atoms with Crippen molar-refractivity contribution in [1.29, 1.82) is 0 Å². The first-order valence-electron chi connectivity index (χ1n) is 7.51. The van der Waals surface area contributed by atoms with E-state index in [0.29, 0.717) is 11.3 Å². The maximum atomic E-state index is 13.4. The van der Waals surface area contributed by atoms with E-state index in [4.69, 9.17) is 9.47 Å². The van der Waals surface area contributed by atoms with Crippen LogP contribution in [-0.2, 0) is 10.9 Å². The summed E-state index contributed by atoms with van der Waals surface area (Å²) < 4.78 is 51.7. The van der Waals surface area contributed by atoms with Gasteiger partial charge in [0, 0.05) is 13.5 Å². The molecule has 136 valence electrons. The lowest BCUT2D eigenvalue weighted by atomic mass is 10.3. The van der Waals surface area contributed by atoms with Crippen LogP contribution in [0.4, 0.5) is 13.2 Å². The highest BCUT2D eigenvalue weighted by atomic mass is 19.4. The minimum Gasteiger partial charge on any atom is -0.475 e. The van der Waals surface area contributed by atoms with Crippen LogP contribution in [0.2, 0.25) is 0 Å². The number of hydrogen-bond donors (Lipinski definition) is 0. The number of benzene rings is 1. The van der Waals surface area contributed by atoms with Crippen LogP contribution in [0.15, 0.2) is 35.1 Å². The van der Waals surface area contributed by atoms with Crippen LogP contribution in [-0.4, -0.2) is 35.1 Å². The number of carbonyl (C=O) groups excluding carboxylic acids is 1. The van der Waals surface area contributed by atoms with Gasteiger partial charge < -0.3 is 9.47 Å². The third-order valence-electron chi connectivity index (χ3n) is 3.27. The van der Waals surface area contributed by atoms with E-state index in [1.54, 1.807) is 25.1 Å². The minimum absolute atomic E-state index is 0.0437. The SMILES string of the molecule is CCOCCOc1c(C(F)(F)F)c(=O)n(C(C)=O)n1-c1ccccc1. The fraction of sp³-hybridized carbons (Fsp3) is 0.375. The summed E-state index contributed by atoms with van der Waals surface area (Å²) in [5.41, 5.74) is -2.81. The van der Waals surface area contributed by atoms with E-state index in [0.717, 1.165) is 11.6 Å². The summed E-state index contributed by atoms with van der Waals surface area (Å²) >= 11 is 0. The van der Waals surface area contributed by atoms with E-state index < -0.39 is 29.1 Å². The first-order chi connectivity index (χ1) is 11.8. The normalized spacial score (nSPS) is 11.6. The molecule has 0 aliphatic rings. The van der Waals surface area contributed by atoms with Gasteiger partial charge in [-0.3, -0.25) is 9.59 Å². The summed E-state index contributed by atoms with van der Waals surface area (Å²) in [6, 6.07) is 7.73. The molecule has 0 radical (unpaired) electrons. The lowest BCUT2D eigenvalue weighted by molar-refractivity contribution is -0.139.